The van der Waals surface area contributed by atoms with Crippen LogP contribution in [0.5, 0.6) is 0 Å². The lowest BCUT2D eigenvalue weighted by atomic mass is 10.2. The van der Waals surface area contributed by atoms with Crippen LogP contribution in [0.1, 0.15) is 5.56 Å². The number of H-pyrrole nitrogens is 1. The molecule has 0 fully saturated rings. The topological polar surface area (TPSA) is 54.9 Å². The number of aromatic amines is 1. The lowest BCUT2D eigenvalue weighted by molar-refractivity contribution is 0.900. The number of benzene rings is 2. The summed E-state index contributed by atoms with van der Waals surface area (Å²) in [5, 5.41) is 0.742. The molecule has 4 nitrogen and oxygen atoms in total. The van der Waals surface area contributed by atoms with Crippen LogP contribution in [-0.2, 0) is 0 Å². The van der Waals surface area contributed by atoms with Gasteiger partial charge in [-0.25, -0.2) is 9.36 Å². The van der Waals surface area contributed by atoms with Crippen LogP contribution in [-0.4, -0.2) is 9.55 Å². The van der Waals surface area contributed by atoms with Crippen molar-refractivity contribution in [3.63, 3.8) is 0 Å². The van der Waals surface area contributed by atoms with Gasteiger partial charge in [-0.15, -0.1) is 0 Å². The number of halogens is 1. The van der Waals surface area contributed by atoms with E-state index in [4.69, 9.17) is 11.6 Å². The molecule has 0 unspecified atom stereocenters. The minimum atomic E-state index is -0.499. The van der Waals surface area contributed by atoms with E-state index in [2.05, 4.69) is 4.98 Å². The summed E-state index contributed by atoms with van der Waals surface area (Å²) < 4.78 is 1.12. The SMILES string of the molecule is Cc1cccc(-n2c(=O)[nH]c3c(Cl)cccc3c2=O)c1. The number of nitrogens with one attached hydrogen (secondary N) is 1. The van der Waals surface area contributed by atoms with Crippen LogP contribution in [0.15, 0.2) is 52.1 Å². The number of aryl methyl sites for hydroxylation is 1. The highest BCUT2D eigenvalue weighted by Crippen LogP contribution is 2.17. The number of para-hydroxylation sites is 1. The van der Waals surface area contributed by atoms with E-state index in [1.54, 1.807) is 36.4 Å². The summed E-state index contributed by atoms with van der Waals surface area (Å²) in [6.07, 6.45) is 0. The molecule has 0 amide bonds. The average Bonchev–Trinajstić information content (AvgIpc) is 2.40. The third kappa shape index (κ3) is 1.94. The molecule has 5 heteroatoms. The van der Waals surface area contributed by atoms with Crippen molar-refractivity contribution in [2.45, 2.75) is 6.92 Å². The molecule has 0 aliphatic rings. The van der Waals surface area contributed by atoms with Crippen LogP contribution in [0.3, 0.4) is 0 Å². The van der Waals surface area contributed by atoms with Crippen molar-refractivity contribution in [3.05, 3.63) is 73.9 Å². The minimum absolute atomic E-state index is 0.355. The van der Waals surface area contributed by atoms with E-state index >= 15 is 0 Å². The largest absolute Gasteiger partial charge is 0.333 e. The molecule has 2 aromatic carbocycles. The van der Waals surface area contributed by atoms with Gasteiger partial charge in [0, 0.05) is 0 Å². The van der Waals surface area contributed by atoms with Gasteiger partial charge in [-0.3, -0.25) is 4.79 Å². The van der Waals surface area contributed by atoms with Crippen molar-refractivity contribution in [2.75, 3.05) is 0 Å². The molecule has 3 aromatic rings. The van der Waals surface area contributed by atoms with E-state index in [1.165, 1.54) is 0 Å². The number of nitrogens with zero attached hydrogens (tertiary/aromatic N) is 1. The standard InChI is InChI=1S/C15H11ClN2O2/c1-9-4-2-5-10(8-9)18-14(19)11-6-3-7-12(16)13(11)17-15(18)20/h2-8H,1H3,(H,17,20). The second-order valence-electron chi connectivity index (χ2n) is 4.57. The Kier molecular flexibility index (Phi) is 2.95. The summed E-state index contributed by atoms with van der Waals surface area (Å²) in [4.78, 5) is 27.3. The predicted octanol–water partition coefficient (Wildman–Crippen LogP) is 2.64. The molecule has 3 rings (SSSR count). The molecule has 0 atom stereocenters. The lowest BCUT2D eigenvalue weighted by Crippen LogP contribution is -2.33. The summed E-state index contributed by atoms with van der Waals surface area (Å²) in [6, 6.07) is 12.2. The molecule has 0 saturated heterocycles. The van der Waals surface area contributed by atoms with E-state index in [9.17, 15) is 9.59 Å². The Bertz CT molecular complexity index is 925. The van der Waals surface area contributed by atoms with E-state index in [0.717, 1.165) is 10.1 Å². The van der Waals surface area contributed by atoms with Gasteiger partial charge < -0.3 is 4.98 Å². The molecule has 0 radical (unpaired) electrons. The lowest BCUT2D eigenvalue weighted by Gasteiger charge is -2.07. The number of rotatable bonds is 1. The van der Waals surface area contributed by atoms with E-state index in [1.807, 2.05) is 13.0 Å². The average molecular weight is 287 g/mol. The molecule has 100 valence electrons. The molecule has 0 aliphatic carbocycles. The van der Waals surface area contributed by atoms with Gasteiger partial charge >= 0.3 is 5.69 Å². The molecule has 1 N–H and O–H groups in total. The Morgan fingerprint density at radius 3 is 2.60 bits per heavy atom. The zero-order chi connectivity index (χ0) is 14.3. The summed E-state index contributed by atoms with van der Waals surface area (Å²) >= 11 is 6.01. The fraction of sp³-hybridized carbons (Fsp3) is 0.0667. The maximum absolute atomic E-state index is 12.5. The highest BCUT2D eigenvalue weighted by Gasteiger charge is 2.11. The van der Waals surface area contributed by atoms with Crippen LogP contribution in [0.25, 0.3) is 16.6 Å². The van der Waals surface area contributed by atoms with Gasteiger partial charge in [-0.2, -0.15) is 0 Å². The van der Waals surface area contributed by atoms with Crippen LogP contribution in [0.2, 0.25) is 5.02 Å². The Morgan fingerprint density at radius 2 is 1.85 bits per heavy atom. The van der Waals surface area contributed by atoms with Crippen molar-refractivity contribution in [3.8, 4) is 5.69 Å². The van der Waals surface area contributed by atoms with Gasteiger partial charge in [0.05, 0.1) is 21.6 Å². The first-order chi connectivity index (χ1) is 9.58. The number of hydrogen-bond acceptors (Lipinski definition) is 2. The number of fused-ring (bicyclic) bond motifs is 1. The molecule has 20 heavy (non-hydrogen) atoms. The van der Waals surface area contributed by atoms with E-state index in [-0.39, 0.29) is 5.56 Å². The van der Waals surface area contributed by atoms with Crippen LogP contribution < -0.4 is 11.2 Å². The van der Waals surface area contributed by atoms with Crippen molar-refractivity contribution in [1.82, 2.24) is 9.55 Å². The fourth-order valence-corrected chi connectivity index (χ4v) is 2.43. The van der Waals surface area contributed by atoms with Crippen molar-refractivity contribution < 1.29 is 0 Å². The Balaban J connectivity index is 2.44. The molecular weight excluding hydrogens is 276 g/mol. The summed E-state index contributed by atoms with van der Waals surface area (Å²) in [6.45, 7) is 1.90. The third-order valence-corrected chi connectivity index (χ3v) is 3.46. The fourth-order valence-electron chi connectivity index (χ4n) is 2.21. The van der Waals surface area contributed by atoms with Crippen molar-refractivity contribution in [2.24, 2.45) is 0 Å². The highest BCUT2D eigenvalue weighted by atomic mass is 35.5. The van der Waals surface area contributed by atoms with Crippen LogP contribution >= 0.6 is 11.6 Å². The Morgan fingerprint density at radius 1 is 1.10 bits per heavy atom. The van der Waals surface area contributed by atoms with Gasteiger partial charge in [0.25, 0.3) is 5.56 Å². The predicted molar refractivity (Wildman–Crippen MR) is 79.9 cm³/mol. The first-order valence-corrected chi connectivity index (χ1v) is 6.46. The van der Waals surface area contributed by atoms with Gasteiger partial charge in [0.2, 0.25) is 0 Å². The Hall–Kier alpha value is -2.33. The molecule has 0 bridgehead atoms. The first-order valence-electron chi connectivity index (χ1n) is 6.08. The van der Waals surface area contributed by atoms with Gasteiger partial charge in [-0.05, 0) is 36.8 Å². The maximum Gasteiger partial charge on any atom is 0.333 e. The third-order valence-electron chi connectivity index (χ3n) is 3.14. The number of hydrogen-bond donors (Lipinski definition) is 1. The quantitative estimate of drug-likeness (QED) is 0.748. The summed E-state index contributed by atoms with van der Waals surface area (Å²) in [7, 11) is 0. The van der Waals surface area contributed by atoms with E-state index in [0.29, 0.717) is 21.6 Å². The van der Waals surface area contributed by atoms with Crippen LogP contribution in [0, 0.1) is 6.92 Å². The molecule has 0 saturated carbocycles. The van der Waals surface area contributed by atoms with Crippen LogP contribution in [0.4, 0.5) is 0 Å². The molecule has 0 aliphatic heterocycles. The minimum Gasteiger partial charge on any atom is -0.305 e. The molecular formula is C15H11ClN2O2. The van der Waals surface area contributed by atoms with Crippen molar-refractivity contribution in [1.29, 1.82) is 0 Å². The summed E-state index contributed by atoms with van der Waals surface area (Å²) in [5.41, 5.74) is 1.00. The normalized spacial score (nSPS) is 10.9. The molecule has 0 spiro atoms. The number of aromatic nitrogens is 2. The molecule has 1 heterocycles. The maximum atomic E-state index is 12.5. The van der Waals surface area contributed by atoms with Gasteiger partial charge in [0.1, 0.15) is 0 Å². The van der Waals surface area contributed by atoms with Gasteiger partial charge in [0.15, 0.2) is 0 Å². The zero-order valence-electron chi connectivity index (χ0n) is 10.7. The summed E-state index contributed by atoms with van der Waals surface area (Å²) in [5.74, 6) is 0. The first kappa shape index (κ1) is 12.7. The zero-order valence-corrected chi connectivity index (χ0v) is 11.4. The van der Waals surface area contributed by atoms with Crippen molar-refractivity contribution >= 4 is 22.5 Å². The van der Waals surface area contributed by atoms with Gasteiger partial charge in [-0.1, -0.05) is 29.8 Å². The second kappa shape index (κ2) is 4.65. The highest BCUT2D eigenvalue weighted by molar-refractivity contribution is 6.34. The monoisotopic (exact) mass is 286 g/mol. The smallest absolute Gasteiger partial charge is 0.305 e. The van der Waals surface area contributed by atoms with E-state index < -0.39 is 5.69 Å². The second-order valence-corrected chi connectivity index (χ2v) is 4.98. The molecule has 1 aromatic heterocycles. The Labute approximate surface area is 119 Å².